The second kappa shape index (κ2) is 16.1. The van der Waals surface area contributed by atoms with Crippen molar-refractivity contribution in [2.75, 3.05) is 26.2 Å². The monoisotopic (exact) mass is 678 g/mol. The van der Waals surface area contributed by atoms with E-state index in [1.165, 1.54) is 12.1 Å². The Morgan fingerprint density at radius 3 is 2.15 bits per heavy atom. The van der Waals surface area contributed by atoms with Crippen LogP contribution in [-0.2, 0) is 45.3 Å². The number of carboxylic acids is 2. The molecule has 2 saturated heterocycles. The van der Waals surface area contributed by atoms with E-state index in [1.54, 1.807) is 12.4 Å². The lowest BCUT2D eigenvalue weighted by Crippen LogP contribution is -2.42. The van der Waals surface area contributed by atoms with Gasteiger partial charge in [0.25, 0.3) is 0 Å². The molecule has 0 bridgehead atoms. The second-order valence-corrected chi connectivity index (χ2v) is 10.5. The molecule has 46 heavy (non-hydrogen) atoms. The number of likely N-dealkylation sites (tertiary alicyclic amines) is 1. The summed E-state index contributed by atoms with van der Waals surface area (Å²) >= 11 is 0. The highest BCUT2D eigenvalue weighted by molar-refractivity contribution is 5.76. The predicted octanol–water partition coefficient (Wildman–Crippen LogP) is 4.29. The van der Waals surface area contributed by atoms with Crippen molar-refractivity contribution in [1.29, 1.82) is 0 Å². The topological polar surface area (TPSA) is 134 Å². The summed E-state index contributed by atoms with van der Waals surface area (Å²) in [5.74, 6) is -4.91. The van der Waals surface area contributed by atoms with Gasteiger partial charge >= 0.3 is 30.5 Å². The molecule has 3 atom stereocenters. The average Bonchev–Trinajstić information content (AvgIpc) is 3.53. The zero-order chi connectivity index (χ0) is 34.9. The van der Waals surface area contributed by atoms with Crippen LogP contribution in [0.5, 0.6) is 0 Å². The molecule has 1 aromatic carbocycles. The molecule has 2 aromatic rings. The van der Waals surface area contributed by atoms with Crippen molar-refractivity contribution in [3.8, 4) is 0 Å². The average molecular weight is 679 g/mol. The Morgan fingerprint density at radius 2 is 1.63 bits per heavy atom. The molecular weight excluding hydrogens is 647 g/mol. The molecule has 0 aliphatic carbocycles. The Balaban J connectivity index is 0.000000440. The third-order valence-electron chi connectivity index (χ3n) is 6.87. The maximum absolute atomic E-state index is 13.0. The van der Waals surface area contributed by atoms with Gasteiger partial charge in [0.1, 0.15) is 0 Å². The minimum Gasteiger partial charge on any atom is -0.475 e. The number of ether oxygens (including phenoxy) is 1. The number of carbonyl (C=O) groups excluding carboxylic acids is 1. The van der Waals surface area contributed by atoms with E-state index in [-0.39, 0.29) is 12.0 Å². The van der Waals surface area contributed by atoms with E-state index in [2.05, 4.69) is 15.2 Å². The molecule has 0 unspecified atom stereocenters. The Bertz CT molecular complexity index is 1290. The van der Waals surface area contributed by atoms with Crippen LogP contribution in [0.25, 0.3) is 0 Å². The molecule has 19 heteroatoms. The van der Waals surface area contributed by atoms with Gasteiger partial charge in [-0.05, 0) is 30.5 Å². The molecule has 0 saturated carbocycles. The summed E-state index contributed by atoms with van der Waals surface area (Å²) < 4.78 is 110. The molecule has 2 fully saturated rings. The lowest BCUT2D eigenvalue weighted by molar-refractivity contribution is -0.193. The minimum absolute atomic E-state index is 0.0158. The first-order valence-corrected chi connectivity index (χ1v) is 13.5. The van der Waals surface area contributed by atoms with Crippen LogP contribution in [0.3, 0.4) is 0 Å². The fourth-order valence-electron chi connectivity index (χ4n) is 4.80. The number of aliphatic carboxylic acids is 2. The molecule has 10 nitrogen and oxygen atoms in total. The zero-order valence-corrected chi connectivity index (χ0v) is 24.1. The highest BCUT2D eigenvalue weighted by Crippen LogP contribution is 2.36. The van der Waals surface area contributed by atoms with E-state index < -0.39 is 36.0 Å². The summed E-state index contributed by atoms with van der Waals surface area (Å²) in [6.07, 6.45) is -8.99. The molecule has 1 aromatic heterocycles. The summed E-state index contributed by atoms with van der Waals surface area (Å²) in [5, 5.41) is 17.2. The van der Waals surface area contributed by atoms with Crippen LogP contribution < -0.4 is 5.32 Å². The number of piperidine rings is 1. The van der Waals surface area contributed by atoms with E-state index in [0.717, 1.165) is 31.3 Å². The van der Waals surface area contributed by atoms with Gasteiger partial charge in [-0.25, -0.2) is 14.6 Å². The molecule has 3 N–H and O–H groups in total. The number of fused-ring (bicyclic) bond motifs is 1. The van der Waals surface area contributed by atoms with Gasteiger partial charge < -0.3 is 24.8 Å². The quantitative estimate of drug-likeness (QED) is 0.370. The second-order valence-electron chi connectivity index (χ2n) is 10.5. The first-order valence-electron chi connectivity index (χ1n) is 13.5. The SMILES string of the molecule is Cn1cnc(CCNC(=O)C[C@@H]2OC[C@H]3CN(Cc4cccc(C(F)(F)F)c4)CC[C@H]32)c1.O=C(O)C(F)(F)F.O=C(O)C(F)(F)F. The number of nitrogens with zero attached hydrogens (tertiary/aromatic N) is 3. The molecule has 3 heterocycles. The van der Waals surface area contributed by atoms with Gasteiger partial charge in [-0.2, -0.15) is 39.5 Å². The van der Waals surface area contributed by atoms with E-state index in [9.17, 15) is 44.3 Å². The number of halogens is 9. The number of alkyl halides is 9. The fourth-order valence-corrected chi connectivity index (χ4v) is 4.80. The van der Waals surface area contributed by atoms with Crippen molar-refractivity contribution in [2.24, 2.45) is 18.9 Å². The Kier molecular flexibility index (Phi) is 13.4. The molecular formula is C27H31F9N4O6. The molecule has 4 rings (SSSR count). The van der Waals surface area contributed by atoms with E-state index in [4.69, 9.17) is 24.5 Å². The van der Waals surface area contributed by atoms with Crippen LogP contribution in [0.4, 0.5) is 39.5 Å². The molecule has 2 aliphatic heterocycles. The van der Waals surface area contributed by atoms with Gasteiger partial charge in [-0.1, -0.05) is 18.2 Å². The lowest BCUT2D eigenvalue weighted by Gasteiger charge is -2.35. The lowest BCUT2D eigenvalue weighted by atomic mass is 9.83. The molecule has 1 amide bonds. The summed E-state index contributed by atoms with van der Waals surface area (Å²) in [5.41, 5.74) is 1.00. The zero-order valence-electron chi connectivity index (χ0n) is 24.1. The van der Waals surface area contributed by atoms with Crippen molar-refractivity contribution in [2.45, 2.75) is 50.4 Å². The Morgan fingerprint density at radius 1 is 1.02 bits per heavy atom. The normalized spacial score (nSPS) is 20.0. The number of nitrogens with one attached hydrogen (secondary N) is 1. The van der Waals surface area contributed by atoms with Crippen LogP contribution in [0.2, 0.25) is 0 Å². The summed E-state index contributed by atoms with van der Waals surface area (Å²) in [4.78, 5) is 36.6. The van der Waals surface area contributed by atoms with Gasteiger partial charge in [0.15, 0.2) is 0 Å². The van der Waals surface area contributed by atoms with E-state index in [1.807, 2.05) is 17.8 Å². The number of aryl methyl sites for hydroxylation is 1. The fraction of sp³-hybridized carbons (Fsp3) is 0.556. The molecule has 0 spiro atoms. The van der Waals surface area contributed by atoms with Gasteiger partial charge in [0, 0.05) is 45.2 Å². The number of benzene rings is 1. The number of rotatable bonds is 7. The van der Waals surface area contributed by atoms with Crippen LogP contribution in [0.1, 0.15) is 29.7 Å². The number of carboxylic acid groups (broad SMARTS) is 2. The number of hydrogen-bond acceptors (Lipinski definition) is 6. The van der Waals surface area contributed by atoms with Gasteiger partial charge in [-0.15, -0.1) is 0 Å². The van der Waals surface area contributed by atoms with Gasteiger partial charge in [-0.3, -0.25) is 9.69 Å². The van der Waals surface area contributed by atoms with E-state index >= 15 is 0 Å². The number of amides is 1. The van der Waals surface area contributed by atoms with E-state index in [0.29, 0.717) is 49.9 Å². The van der Waals surface area contributed by atoms with Crippen LogP contribution in [-0.4, -0.2) is 87.2 Å². The van der Waals surface area contributed by atoms with Gasteiger partial charge in [0.2, 0.25) is 5.91 Å². The predicted molar refractivity (Wildman–Crippen MR) is 140 cm³/mol. The summed E-state index contributed by atoms with van der Waals surface area (Å²) in [6, 6.07) is 5.54. The Hall–Kier alpha value is -3.87. The highest BCUT2D eigenvalue weighted by Gasteiger charge is 2.42. The standard InChI is InChI=1S/C23H29F3N4O2.2C2HF3O2/c1-29-13-19(28-15-29)5-7-27-22(31)10-21-20-6-8-30(12-17(20)14-32-21)11-16-3-2-4-18(9-16)23(24,25)26;2*3-2(4,5)1(6)7/h2-4,9,13,15,17,20-21H,5-8,10-12,14H2,1H3,(H,27,31);2*(H,6,7)/t17-,20-,21+;;/m1../s1. The van der Waals surface area contributed by atoms with Crippen molar-refractivity contribution in [3.05, 3.63) is 53.6 Å². The van der Waals surface area contributed by atoms with Crippen molar-refractivity contribution >= 4 is 17.8 Å². The molecule has 0 radical (unpaired) electrons. The highest BCUT2D eigenvalue weighted by atomic mass is 19.4. The Labute approximate surface area is 256 Å². The first kappa shape index (κ1) is 38.3. The summed E-state index contributed by atoms with van der Waals surface area (Å²) in [6.45, 7) is 3.19. The van der Waals surface area contributed by atoms with Crippen LogP contribution >= 0.6 is 0 Å². The first-order chi connectivity index (χ1) is 21.2. The smallest absolute Gasteiger partial charge is 0.475 e. The number of hydrogen-bond donors (Lipinski definition) is 3. The third kappa shape index (κ3) is 12.9. The minimum atomic E-state index is -5.08. The van der Waals surface area contributed by atoms with Gasteiger partial charge in [0.05, 0.1) is 36.7 Å². The molecule has 258 valence electrons. The maximum Gasteiger partial charge on any atom is 0.490 e. The van der Waals surface area contributed by atoms with Crippen molar-refractivity contribution in [1.82, 2.24) is 19.8 Å². The number of aromatic nitrogens is 2. The van der Waals surface area contributed by atoms with Crippen LogP contribution in [0.15, 0.2) is 36.8 Å². The number of carbonyl (C=O) groups is 3. The van der Waals surface area contributed by atoms with Crippen molar-refractivity contribution in [3.63, 3.8) is 0 Å². The van der Waals surface area contributed by atoms with Crippen LogP contribution in [0, 0.1) is 11.8 Å². The molecule has 2 aliphatic rings. The van der Waals surface area contributed by atoms with Crippen molar-refractivity contribution < 1.29 is 68.8 Å². The summed E-state index contributed by atoms with van der Waals surface area (Å²) in [7, 11) is 1.91. The number of imidazole rings is 1. The largest absolute Gasteiger partial charge is 0.490 e. The third-order valence-corrected chi connectivity index (χ3v) is 6.87. The maximum atomic E-state index is 13.0.